The first-order chi connectivity index (χ1) is 18.9. The molecule has 0 bridgehead atoms. The maximum absolute atomic E-state index is 13.6. The van der Waals surface area contributed by atoms with Gasteiger partial charge in [0.1, 0.15) is 33.9 Å². The Morgan fingerprint density at radius 3 is 2.64 bits per heavy atom. The molecule has 202 valence electrons. The van der Waals surface area contributed by atoms with Crippen LogP contribution in [0.1, 0.15) is 35.3 Å². The lowest BCUT2D eigenvalue weighted by Gasteiger charge is -2.17. The summed E-state index contributed by atoms with van der Waals surface area (Å²) >= 11 is 1.39. The highest BCUT2D eigenvalue weighted by Gasteiger charge is 2.28. The number of amides is 1. The number of ether oxygens (including phenoxy) is 2. The van der Waals surface area contributed by atoms with E-state index in [9.17, 15) is 18.4 Å². The summed E-state index contributed by atoms with van der Waals surface area (Å²) in [6.45, 7) is 0. The molecule has 1 aliphatic heterocycles. The first kappa shape index (κ1) is 26.6. The van der Waals surface area contributed by atoms with Crippen molar-refractivity contribution in [2.45, 2.75) is 30.1 Å². The van der Waals surface area contributed by atoms with Crippen LogP contribution in [-0.4, -0.2) is 45.5 Å². The van der Waals surface area contributed by atoms with E-state index in [4.69, 9.17) is 9.47 Å². The van der Waals surface area contributed by atoms with Gasteiger partial charge < -0.3 is 14.8 Å². The number of methoxy groups -OCH3 is 2. The molecule has 0 aromatic carbocycles. The summed E-state index contributed by atoms with van der Waals surface area (Å²) in [6, 6.07) is 5.48. The molecule has 3 aromatic rings. The van der Waals surface area contributed by atoms with Crippen LogP contribution in [0.5, 0.6) is 11.5 Å². The Bertz CT molecular complexity index is 1520. The number of rotatable bonds is 7. The molecule has 5 rings (SSSR count). The number of nitrogens with zero attached hydrogens (tertiary/aromatic N) is 3. The van der Waals surface area contributed by atoms with Crippen molar-refractivity contribution in [3.05, 3.63) is 64.5 Å². The molecule has 1 saturated heterocycles. The predicted octanol–water partition coefficient (Wildman–Crippen LogP) is 2.84. The number of carbonyl (C=O) groups excluding carboxylic acids is 1. The summed E-state index contributed by atoms with van der Waals surface area (Å²) in [5.41, 5.74) is 5.07. The van der Waals surface area contributed by atoms with Crippen molar-refractivity contribution in [1.82, 2.24) is 30.7 Å². The number of alkyl halides is 2. The van der Waals surface area contributed by atoms with Gasteiger partial charge in [-0.05, 0) is 31.0 Å². The van der Waals surface area contributed by atoms with Gasteiger partial charge in [-0.3, -0.25) is 19.1 Å². The van der Waals surface area contributed by atoms with Crippen molar-refractivity contribution in [1.29, 1.82) is 0 Å². The summed E-state index contributed by atoms with van der Waals surface area (Å²) in [6.07, 6.45) is 3.29. The van der Waals surface area contributed by atoms with E-state index in [1.54, 1.807) is 6.07 Å². The van der Waals surface area contributed by atoms with Crippen molar-refractivity contribution in [3.8, 4) is 40.3 Å². The number of carbonyl (C=O) groups is 1. The van der Waals surface area contributed by atoms with Crippen LogP contribution in [0.2, 0.25) is 0 Å². The molecule has 13 heteroatoms. The fourth-order valence-electron chi connectivity index (χ4n) is 3.82. The molecule has 2 unspecified atom stereocenters. The second-order valence-corrected chi connectivity index (χ2v) is 9.91. The van der Waals surface area contributed by atoms with Gasteiger partial charge in [0.25, 0.3) is 17.9 Å². The molecule has 4 heterocycles. The summed E-state index contributed by atoms with van der Waals surface area (Å²) in [5, 5.41) is 2.65. The Morgan fingerprint density at radius 1 is 1.13 bits per heavy atom. The van der Waals surface area contributed by atoms with Crippen LogP contribution < -0.4 is 31.2 Å². The number of nitrogens with one attached hydrogen (secondary N) is 3. The van der Waals surface area contributed by atoms with E-state index in [-0.39, 0.29) is 33.6 Å². The van der Waals surface area contributed by atoms with Gasteiger partial charge in [0, 0.05) is 35.5 Å². The number of hydrogen-bond acceptors (Lipinski definition) is 9. The standard InChI is InChI=1S/C26H24F2N6O4S/c1-37-15-7-8-34(23(35)9-15)21-11-16(17-10-19(24(27)28)29-13-20(17)38-2)18(12-30-21)25(36)31-26-33-32-22(39-26)6-5-14-3-4-14/h7-14,22,24,26,32-33H,3-4H2,1-2H3,(H,31,36). The molecule has 1 saturated carbocycles. The van der Waals surface area contributed by atoms with Crippen molar-refractivity contribution in [2.24, 2.45) is 5.92 Å². The Labute approximate surface area is 226 Å². The predicted molar refractivity (Wildman–Crippen MR) is 141 cm³/mol. The molecule has 2 aliphatic rings. The van der Waals surface area contributed by atoms with Crippen LogP contribution in [0.4, 0.5) is 8.78 Å². The fourth-order valence-corrected chi connectivity index (χ4v) is 4.68. The van der Waals surface area contributed by atoms with Crippen LogP contribution in [0.25, 0.3) is 16.9 Å². The maximum atomic E-state index is 13.6. The van der Waals surface area contributed by atoms with Gasteiger partial charge in [-0.25, -0.2) is 24.6 Å². The molecule has 1 aliphatic carbocycles. The number of pyridine rings is 3. The van der Waals surface area contributed by atoms with Gasteiger partial charge in [0.2, 0.25) is 0 Å². The summed E-state index contributed by atoms with van der Waals surface area (Å²) in [7, 11) is 2.81. The Hall–Kier alpha value is -3.99. The molecule has 2 atom stereocenters. The van der Waals surface area contributed by atoms with Crippen LogP contribution in [0, 0.1) is 17.8 Å². The van der Waals surface area contributed by atoms with Crippen molar-refractivity contribution >= 4 is 17.7 Å². The number of hydrazine groups is 1. The third-order valence-corrected chi connectivity index (χ3v) is 7.02. The molecule has 1 amide bonds. The van der Waals surface area contributed by atoms with E-state index < -0.39 is 29.1 Å². The summed E-state index contributed by atoms with van der Waals surface area (Å²) < 4.78 is 38.9. The first-order valence-electron chi connectivity index (χ1n) is 11.9. The smallest absolute Gasteiger partial charge is 0.280 e. The molecular weight excluding hydrogens is 530 g/mol. The molecule has 3 aromatic heterocycles. The Kier molecular flexibility index (Phi) is 7.78. The lowest BCUT2D eigenvalue weighted by atomic mass is 10.00. The average molecular weight is 555 g/mol. The van der Waals surface area contributed by atoms with E-state index in [0.29, 0.717) is 11.7 Å². The number of aromatic nitrogens is 3. The quantitative estimate of drug-likeness (QED) is 0.379. The topological polar surface area (TPSA) is 119 Å². The van der Waals surface area contributed by atoms with E-state index in [1.165, 1.54) is 61.3 Å². The second-order valence-electron chi connectivity index (χ2n) is 8.69. The molecule has 3 N–H and O–H groups in total. The zero-order chi connectivity index (χ0) is 27.5. The zero-order valence-electron chi connectivity index (χ0n) is 20.9. The van der Waals surface area contributed by atoms with Crippen LogP contribution in [0.3, 0.4) is 0 Å². The van der Waals surface area contributed by atoms with Gasteiger partial charge in [-0.2, -0.15) is 0 Å². The van der Waals surface area contributed by atoms with Crippen LogP contribution in [0.15, 0.2) is 47.7 Å². The second kappa shape index (κ2) is 11.4. The molecule has 0 spiro atoms. The van der Waals surface area contributed by atoms with E-state index in [1.807, 2.05) is 0 Å². The maximum Gasteiger partial charge on any atom is 0.280 e. The van der Waals surface area contributed by atoms with Gasteiger partial charge in [0.05, 0.1) is 26.0 Å². The minimum Gasteiger partial charge on any atom is -0.497 e. The minimum absolute atomic E-state index is 0.0833. The molecule has 2 fully saturated rings. The first-order valence-corrected chi connectivity index (χ1v) is 12.9. The van der Waals surface area contributed by atoms with E-state index in [0.717, 1.165) is 18.9 Å². The van der Waals surface area contributed by atoms with Crippen LogP contribution >= 0.6 is 11.8 Å². The van der Waals surface area contributed by atoms with Crippen molar-refractivity contribution < 1.29 is 23.0 Å². The summed E-state index contributed by atoms with van der Waals surface area (Å²) in [4.78, 5) is 34.2. The molecule has 10 nitrogen and oxygen atoms in total. The highest BCUT2D eigenvalue weighted by atomic mass is 32.2. The molecule has 39 heavy (non-hydrogen) atoms. The molecule has 0 radical (unpaired) electrons. The SMILES string of the molecule is COc1ccn(-c2cc(-c3cc(C(F)F)ncc3OC)c(C(=O)NC3NNC(C#CC4CC4)S3)cn2)c(=O)c1. The van der Waals surface area contributed by atoms with Crippen LogP contribution in [-0.2, 0) is 0 Å². The van der Waals surface area contributed by atoms with E-state index in [2.05, 4.69) is 38.0 Å². The molecular formula is C26H24F2N6O4S. The normalized spacial score (nSPS) is 18.4. The highest BCUT2D eigenvalue weighted by Crippen LogP contribution is 2.35. The number of hydrogen-bond donors (Lipinski definition) is 3. The lowest BCUT2D eigenvalue weighted by Crippen LogP contribution is -2.43. The summed E-state index contributed by atoms with van der Waals surface area (Å²) in [5.74, 6) is 6.93. The van der Waals surface area contributed by atoms with Gasteiger partial charge in [-0.15, -0.1) is 0 Å². The van der Waals surface area contributed by atoms with Crippen molar-refractivity contribution in [2.75, 3.05) is 14.2 Å². The lowest BCUT2D eigenvalue weighted by molar-refractivity contribution is 0.0945. The van der Waals surface area contributed by atoms with Gasteiger partial charge >= 0.3 is 0 Å². The highest BCUT2D eigenvalue weighted by molar-refractivity contribution is 8.00. The van der Waals surface area contributed by atoms with Crippen molar-refractivity contribution in [3.63, 3.8) is 0 Å². The number of thioether (sulfide) groups is 1. The monoisotopic (exact) mass is 554 g/mol. The Balaban J connectivity index is 1.52. The third kappa shape index (κ3) is 6.03. The minimum atomic E-state index is -2.85. The number of halogens is 2. The zero-order valence-corrected chi connectivity index (χ0v) is 21.7. The van der Waals surface area contributed by atoms with E-state index >= 15 is 0 Å². The largest absolute Gasteiger partial charge is 0.497 e. The third-order valence-electron chi connectivity index (χ3n) is 6.01. The van der Waals surface area contributed by atoms with Gasteiger partial charge in [0.15, 0.2) is 0 Å². The average Bonchev–Trinajstić information content (AvgIpc) is 3.68. The van der Waals surface area contributed by atoms with Gasteiger partial charge in [-0.1, -0.05) is 23.6 Å². The Morgan fingerprint density at radius 2 is 1.95 bits per heavy atom. The fraction of sp³-hybridized carbons (Fsp3) is 0.308.